The molecule has 2 rings (SSSR count). The van der Waals surface area contributed by atoms with Crippen molar-refractivity contribution in [2.75, 3.05) is 0 Å². The van der Waals surface area contributed by atoms with Gasteiger partial charge in [-0.15, -0.1) is 11.6 Å². The molecule has 0 N–H and O–H groups in total. The van der Waals surface area contributed by atoms with Gasteiger partial charge in [-0.3, -0.25) is 6.08 Å². The number of hydrogen-bond donors (Lipinski definition) is 0. The molecule has 0 radical (unpaired) electrons. The number of benzene rings is 1. The Hall–Kier alpha value is 0.726. The van der Waals surface area contributed by atoms with Gasteiger partial charge in [-0.2, -0.15) is 5.56 Å². The number of hydrogen-bond acceptors (Lipinski definition) is 0. The Labute approximate surface area is 118 Å². The predicted molar refractivity (Wildman–Crippen MR) is 47.2 cm³/mol. The number of fused-ring (bicyclic) bond motifs is 1. The summed E-state index contributed by atoms with van der Waals surface area (Å²) in [6.45, 7) is 2.20. The molecule has 1 aliphatic rings. The van der Waals surface area contributed by atoms with Crippen molar-refractivity contribution in [3.05, 3.63) is 41.5 Å². The van der Waals surface area contributed by atoms with Crippen LogP contribution < -0.4 is 0 Å². The van der Waals surface area contributed by atoms with Gasteiger partial charge in [0, 0.05) is 52.4 Å². The first-order chi connectivity index (χ1) is 5.42. The predicted octanol–water partition coefficient (Wildman–Crippen LogP) is 3.01. The van der Waals surface area contributed by atoms with E-state index in [-0.39, 0.29) is 52.4 Å². The average molecular weight is 326 g/mol. The molecular formula is C11H11Zr2-. The van der Waals surface area contributed by atoms with Crippen molar-refractivity contribution < 1.29 is 52.4 Å². The summed E-state index contributed by atoms with van der Waals surface area (Å²) in [6.07, 6.45) is 6.61. The molecule has 2 heteroatoms. The van der Waals surface area contributed by atoms with Crippen LogP contribution in [0.15, 0.2) is 24.3 Å². The molecule has 0 saturated carbocycles. The molecule has 0 aliphatic heterocycles. The van der Waals surface area contributed by atoms with Crippen molar-refractivity contribution in [3.8, 4) is 0 Å². The Morgan fingerprint density at radius 1 is 1.23 bits per heavy atom. The second kappa shape index (κ2) is 6.25. The minimum atomic E-state index is 0. The Bertz CT molecular complexity index is 292. The zero-order valence-corrected chi connectivity index (χ0v) is 12.6. The molecule has 0 spiro atoms. The fraction of sp³-hybridized carbons (Fsp3) is 0.273. The van der Waals surface area contributed by atoms with Crippen molar-refractivity contribution in [1.82, 2.24) is 0 Å². The first-order valence-electron chi connectivity index (χ1n) is 4.10. The molecule has 0 aromatic heterocycles. The van der Waals surface area contributed by atoms with Gasteiger partial charge < -0.3 is 0 Å². The van der Waals surface area contributed by atoms with E-state index in [0.29, 0.717) is 5.92 Å². The first-order valence-corrected chi connectivity index (χ1v) is 4.10. The standard InChI is InChI=1S/C11H11.2Zr/c1-2-9-7-8-10-5-3-4-6-11(9)10;;/h3-6,8-9H,2H2,1H3;;/q-1;;. The summed E-state index contributed by atoms with van der Waals surface area (Å²) in [4.78, 5) is 0. The van der Waals surface area contributed by atoms with Crippen LogP contribution >= 0.6 is 0 Å². The Kier molecular flexibility index (Phi) is 6.60. The van der Waals surface area contributed by atoms with E-state index in [1.165, 1.54) is 11.1 Å². The molecule has 13 heavy (non-hydrogen) atoms. The molecule has 0 nitrogen and oxygen atoms in total. The van der Waals surface area contributed by atoms with Gasteiger partial charge in [0.2, 0.25) is 0 Å². The largest absolute Gasteiger partial charge is 0.268 e. The van der Waals surface area contributed by atoms with E-state index >= 15 is 0 Å². The summed E-state index contributed by atoms with van der Waals surface area (Å²) in [7, 11) is 0. The molecule has 1 unspecified atom stereocenters. The van der Waals surface area contributed by atoms with Gasteiger partial charge in [0.15, 0.2) is 0 Å². The third kappa shape index (κ3) is 2.83. The van der Waals surface area contributed by atoms with E-state index in [9.17, 15) is 0 Å². The van der Waals surface area contributed by atoms with Crippen molar-refractivity contribution >= 4 is 6.08 Å². The SMILES string of the molecule is CCC1[C-]=Cc2ccccc21.[Zr].[Zr]. The molecule has 1 atom stereocenters. The Balaban J connectivity index is 0.000000720. The van der Waals surface area contributed by atoms with Crippen molar-refractivity contribution in [3.63, 3.8) is 0 Å². The number of rotatable bonds is 1. The topological polar surface area (TPSA) is 0 Å². The van der Waals surface area contributed by atoms with E-state index in [4.69, 9.17) is 0 Å². The fourth-order valence-electron chi connectivity index (χ4n) is 1.58. The minimum Gasteiger partial charge on any atom is -0.268 e. The summed E-state index contributed by atoms with van der Waals surface area (Å²) in [5.74, 6) is 0.547. The molecule has 0 heterocycles. The van der Waals surface area contributed by atoms with E-state index in [2.05, 4.69) is 43.3 Å². The zero-order valence-electron chi connectivity index (χ0n) is 7.67. The zero-order chi connectivity index (χ0) is 7.68. The maximum Gasteiger partial charge on any atom is 0 e. The molecule has 64 valence electrons. The van der Waals surface area contributed by atoms with Crippen molar-refractivity contribution in [2.24, 2.45) is 0 Å². The van der Waals surface area contributed by atoms with Crippen LogP contribution in [0.25, 0.3) is 6.08 Å². The molecule has 0 bridgehead atoms. The molecular weight excluding hydrogens is 315 g/mol. The summed E-state index contributed by atoms with van der Waals surface area (Å²) in [5.41, 5.74) is 2.79. The quantitative estimate of drug-likeness (QED) is 0.696. The van der Waals surface area contributed by atoms with Crippen LogP contribution in [0.1, 0.15) is 30.4 Å². The van der Waals surface area contributed by atoms with E-state index in [1.807, 2.05) is 0 Å². The fourth-order valence-corrected chi connectivity index (χ4v) is 1.58. The van der Waals surface area contributed by atoms with Gasteiger partial charge in [-0.05, 0) is 0 Å². The first kappa shape index (κ1) is 13.7. The van der Waals surface area contributed by atoms with E-state index in [0.717, 1.165) is 6.42 Å². The second-order valence-electron chi connectivity index (χ2n) is 2.90. The van der Waals surface area contributed by atoms with Gasteiger partial charge in [0.25, 0.3) is 0 Å². The van der Waals surface area contributed by atoms with Crippen LogP contribution in [0.4, 0.5) is 0 Å². The molecule has 1 aromatic rings. The average Bonchev–Trinajstić information content (AvgIpc) is 2.47. The minimum absolute atomic E-state index is 0. The normalized spacial score (nSPS) is 17.2. The monoisotopic (exact) mass is 323 g/mol. The van der Waals surface area contributed by atoms with Crippen LogP contribution in [0.3, 0.4) is 0 Å². The summed E-state index contributed by atoms with van der Waals surface area (Å²) in [6, 6.07) is 8.52. The van der Waals surface area contributed by atoms with Crippen LogP contribution in [-0.4, -0.2) is 0 Å². The second-order valence-corrected chi connectivity index (χ2v) is 2.90. The Morgan fingerprint density at radius 2 is 1.92 bits per heavy atom. The van der Waals surface area contributed by atoms with Crippen LogP contribution in [0, 0.1) is 6.08 Å². The van der Waals surface area contributed by atoms with Crippen molar-refractivity contribution in [2.45, 2.75) is 19.3 Å². The van der Waals surface area contributed by atoms with E-state index in [1.54, 1.807) is 0 Å². The molecule has 0 amide bonds. The number of allylic oxidation sites excluding steroid dienone is 1. The third-order valence-electron chi connectivity index (χ3n) is 2.22. The summed E-state index contributed by atoms with van der Waals surface area (Å²) < 4.78 is 0. The molecule has 0 fully saturated rings. The van der Waals surface area contributed by atoms with Crippen LogP contribution in [0.2, 0.25) is 0 Å². The molecule has 0 saturated heterocycles. The van der Waals surface area contributed by atoms with Gasteiger partial charge in [-0.1, -0.05) is 37.5 Å². The Morgan fingerprint density at radius 3 is 2.62 bits per heavy atom. The van der Waals surface area contributed by atoms with Gasteiger partial charge >= 0.3 is 0 Å². The van der Waals surface area contributed by atoms with Crippen molar-refractivity contribution in [1.29, 1.82) is 0 Å². The molecule has 1 aliphatic carbocycles. The van der Waals surface area contributed by atoms with Gasteiger partial charge in [-0.25, -0.2) is 6.08 Å². The smallest absolute Gasteiger partial charge is 0 e. The van der Waals surface area contributed by atoms with Crippen LogP contribution in [-0.2, 0) is 52.4 Å². The van der Waals surface area contributed by atoms with Gasteiger partial charge in [0.1, 0.15) is 0 Å². The maximum atomic E-state index is 3.35. The van der Waals surface area contributed by atoms with E-state index < -0.39 is 0 Å². The van der Waals surface area contributed by atoms with Crippen LogP contribution in [0.5, 0.6) is 0 Å². The summed E-state index contributed by atoms with van der Waals surface area (Å²) >= 11 is 0. The third-order valence-corrected chi connectivity index (χ3v) is 2.22. The molecule has 1 aromatic carbocycles. The van der Waals surface area contributed by atoms with Gasteiger partial charge in [0.05, 0.1) is 0 Å². The summed E-state index contributed by atoms with van der Waals surface area (Å²) in [5, 5.41) is 0. The maximum absolute atomic E-state index is 3.35.